The van der Waals surface area contributed by atoms with E-state index in [1.807, 2.05) is 34.3 Å². The fourth-order valence-electron chi connectivity index (χ4n) is 4.17. The molecule has 0 aromatic heterocycles. The zero-order valence-electron chi connectivity index (χ0n) is 19.2. The van der Waals surface area contributed by atoms with Crippen molar-refractivity contribution in [2.24, 2.45) is 10.2 Å². The lowest BCUT2D eigenvalue weighted by molar-refractivity contribution is 0.853. The molecule has 0 unspecified atom stereocenters. The van der Waals surface area contributed by atoms with E-state index in [-0.39, 0.29) is 0 Å². The highest BCUT2D eigenvalue weighted by Gasteiger charge is 2.18. The molecule has 0 spiro atoms. The summed E-state index contributed by atoms with van der Waals surface area (Å²) in [4.78, 5) is 0. The van der Waals surface area contributed by atoms with E-state index >= 15 is 0 Å². The van der Waals surface area contributed by atoms with Gasteiger partial charge in [0.1, 0.15) is 0 Å². The van der Waals surface area contributed by atoms with Gasteiger partial charge in [0, 0.05) is 17.8 Å². The molecule has 1 saturated carbocycles. The Morgan fingerprint density at radius 2 is 0.706 bits per heavy atom. The number of nitrogens with zero attached hydrogens (tertiary/aromatic N) is 4. The molecule has 1 aliphatic carbocycles. The number of hydrogen-bond donors (Lipinski definition) is 0. The average molecular weight is 445 g/mol. The van der Waals surface area contributed by atoms with E-state index in [4.69, 9.17) is 10.2 Å². The highest BCUT2D eigenvalue weighted by Crippen LogP contribution is 2.29. The van der Waals surface area contributed by atoms with Crippen molar-refractivity contribution < 1.29 is 0 Å². The standard InChI is InChI=1S/C30H28N4/c1-5-16-27(17-6-1)33(28-18-7-2-8-19-28)31-25-14-13-15-26(24-25)32-34(29-20-9-3-10-21-29)30-22-11-4-12-23-30/h1-12,16-23H,13-15,24H2. The van der Waals surface area contributed by atoms with Crippen LogP contribution in [-0.2, 0) is 0 Å². The van der Waals surface area contributed by atoms with Gasteiger partial charge in [-0.05, 0) is 67.8 Å². The van der Waals surface area contributed by atoms with Crippen molar-refractivity contribution in [1.82, 2.24) is 0 Å². The molecular weight excluding hydrogens is 416 g/mol. The summed E-state index contributed by atoms with van der Waals surface area (Å²) in [5.41, 5.74) is 6.53. The summed E-state index contributed by atoms with van der Waals surface area (Å²) in [6.45, 7) is 0. The van der Waals surface area contributed by atoms with E-state index in [9.17, 15) is 0 Å². The molecule has 5 rings (SSSR count). The second kappa shape index (κ2) is 10.6. The Morgan fingerprint density at radius 1 is 0.412 bits per heavy atom. The summed E-state index contributed by atoms with van der Waals surface area (Å²) in [6, 6.07) is 41.3. The smallest absolute Gasteiger partial charge is 0.0652 e. The van der Waals surface area contributed by atoms with Crippen LogP contribution in [0.3, 0.4) is 0 Å². The first kappa shape index (κ1) is 21.7. The lowest BCUT2D eigenvalue weighted by atomic mass is 9.96. The highest BCUT2D eigenvalue weighted by molar-refractivity contribution is 6.07. The van der Waals surface area contributed by atoms with E-state index in [2.05, 4.69) is 97.1 Å². The summed E-state index contributed by atoms with van der Waals surface area (Å²) in [5.74, 6) is 0. The molecule has 0 aliphatic heterocycles. The van der Waals surface area contributed by atoms with Crippen molar-refractivity contribution in [2.45, 2.75) is 25.7 Å². The van der Waals surface area contributed by atoms with Gasteiger partial charge in [-0.1, -0.05) is 72.8 Å². The quantitative estimate of drug-likeness (QED) is 0.283. The first-order valence-corrected chi connectivity index (χ1v) is 11.8. The predicted octanol–water partition coefficient (Wildman–Crippen LogP) is 7.95. The molecule has 1 aliphatic rings. The number of hydrazone groups is 2. The van der Waals surface area contributed by atoms with Crippen molar-refractivity contribution in [2.75, 3.05) is 10.0 Å². The second-order valence-corrected chi connectivity index (χ2v) is 8.33. The van der Waals surface area contributed by atoms with Gasteiger partial charge in [-0.3, -0.25) is 0 Å². The van der Waals surface area contributed by atoms with Crippen LogP contribution in [0.25, 0.3) is 0 Å². The maximum Gasteiger partial charge on any atom is 0.0652 e. The van der Waals surface area contributed by atoms with Gasteiger partial charge in [-0.15, -0.1) is 0 Å². The monoisotopic (exact) mass is 444 g/mol. The Hall–Kier alpha value is -4.18. The molecule has 1 fully saturated rings. The molecule has 34 heavy (non-hydrogen) atoms. The Kier molecular flexibility index (Phi) is 6.77. The minimum absolute atomic E-state index is 0.770. The van der Waals surface area contributed by atoms with Crippen LogP contribution in [-0.4, -0.2) is 11.4 Å². The number of benzene rings is 4. The molecule has 0 radical (unpaired) electrons. The van der Waals surface area contributed by atoms with Crippen LogP contribution in [0.15, 0.2) is 132 Å². The Bertz CT molecular complexity index is 1060. The van der Waals surface area contributed by atoms with Gasteiger partial charge >= 0.3 is 0 Å². The molecule has 4 nitrogen and oxygen atoms in total. The van der Waals surface area contributed by atoms with Gasteiger partial charge in [0.25, 0.3) is 0 Å². The van der Waals surface area contributed by atoms with Crippen molar-refractivity contribution >= 4 is 34.2 Å². The van der Waals surface area contributed by atoms with Gasteiger partial charge in [-0.25, -0.2) is 10.0 Å². The van der Waals surface area contributed by atoms with E-state index in [0.717, 1.165) is 59.9 Å². The summed E-state index contributed by atoms with van der Waals surface area (Å²) < 4.78 is 0. The van der Waals surface area contributed by atoms with Crippen LogP contribution in [0.1, 0.15) is 25.7 Å². The fraction of sp³-hybridized carbons (Fsp3) is 0.133. The molecule has 0 atom stereocenters. The molecule has 0 bridgehead atoms. The molecular formula is C30H28N4. The van der Waals surface area contributed by atoms with Crippen molar-refractivity contribution in [3.8, 4) is 0 Å². The molecule has 0 N–H and O–H groups in total. The third kappa shape index (κ3) is 5.24. The molecule has 4 aromatic rings. The zero-order valence-corrected chi connectivity index (χ0v) is 19.2. The molecule has 168 valence electrons. The summed E-state index contributed by atoms with van der Waals surface area (Å²) >= 11 is 0. The van der Waals surface area contributed by atoms with Gasteiger partial charge in [0.05, 0.1) is 22.7 Å². The van der Waals surface area contributed by atoms with Gasteiger partial charge in [0.2, 0.25) is 0 Å². The van der Waals surface area contributed by atoms with E-state index < -0.39 is 0 Å². The lowest BCUT2D eigenvalue weighted by Gasteiger charge is -2.25. The van der Waals surface area contributed by atoms with Crippen LogP contribution in [0, 0.1) is 0 Å². The minimum Gasteiger partial charge on any atom is -0.234 e. The van der Waals surface area contributed by atoms with Gasteiger partial charge in [-0.2, -0.15) is 10.2 Å². The third-order valence-corrected chi connectivity index (χ3v) is 5.82. The summed E-state index contributed by atoms with van der Waals surface area (Å²) in [6.07, 6.45) is 3.77. The van der Waals surface area contributed by atoms with Crippen molar-refractivity contribution in [3.05, 3.63) is 121 Å². The minimum atomic E-state index is 0.770. The molecule has 0 saturated heterocycles. The third-order valence-electron chi connectivity index (χ3n) is 5.82. The second-order valence-electron chi connectivity index (χ2n) is 8.33. The van der Waals surface area contributed by atoms with Crippen LogP contribution >= 0.6 is 0 Å². The predicted molar refractivity (Wildman–Crippen MR) is 143 cm³/mol. The molecule has 0 amide bonds. The topological polar surface area (TPSA) is 31.2 Å². The molecule has 4 heteroatoms. The van der Waals surface area contributed by atoms with Crippen LogP contribution in [0.5, 0.6) is 0 Å². The summed E-state index contributed by atoms with van der Waals surface area (Å²) in [7, 11) is 0. The van der Waals surface area contributed by atoms with Crippen molar-refractivity contribution in [1.29, 1.82) is 0 Å². The van der Waals surface area contributed by atoms with Crippen molar-refractivity contribution in [3.63, 3.8) is 0 Å². The number of hydrogen-bond acceptors (Lipinski definition) is 4. The fourth-order valence-corrected chi connectivity index (χ4v) is 4.17. The van der Waals surface area contributed by atoms with Gasteiger partial charge in [0.15, 0.2) is 0 Å². The molecule has 0 heterocycles. The summed E-state index contributed by atoms with van der Waals surface area (Å²) in [5, 5.41) is 14.4. The van der Waals surface area contributed by atoms with E-state index in [1.54, 1.807) is 0 Å². The van der Waals surface area contributed by atoms with E-state index in [1.165, 1.54) is 0 Å². The number of anilines is 4. The highest BCUT2D eigenvalue weighted by atomic mass is 15.5. The Labute approximate surface area is 201 Å². The zero-order chi connectivity index (χ0) is 23.0. The van der Waals surface area contributed by atoms with Crippen LogP contribution < -0.4 is 10.0 Å². The first-order chi connectivity index (χ1) is 16.9. The van der Waals surface area contributed by atoms with Crippen LogP contribution in [0.2, 0.25) is 0 Å². The lowest BCUT2D eigenvalue weighted by Crippen LogP contribution is -2.22. The Morgan fingerprint density at radius 3 is 1.00 bits per heavy atom. The number of rotatable bonds is 6. The van der Waals surface area contributed by atoms with Gasteiger partial charge < -0.3 is 0 Å². The first-order valence-electron chi connectivity index (χ1n) is 11.8. The molecule has 4 aromatic carbocycles. The average Bonchev–Trinajstić information content (AvgIpc) is 2.92. The van der Waals surface area contributed by atoms with Crippen LogP contribution in [0.4, 0.5) is 22.7 Å². The maximum absolute atomic E-state index is 5.13. The normalized spacial score (nSPS) is 15.9. The maximum atomic E-state index is 5.13. The number of para-hydroxylation sites is 4. The Balaban J connectivity index is 1.47. The SMILES string of the molecule is c1ccc(N(N=C2CCCC(=NN(c3ccccc3)c3ccccc3)C2)c2ccccc2)cc1. The largest absolute Gasteiger partial charge is 0.234 e. The van der Waals surface area contributed by atoms with E-state index in [0.29, 0.717) is 0 Å².